The molecule has 144 valence electrons. The molecule has 0 saturated heterocycles. The van der Waals surface area contributed by atoms with Gasteiger partial charge in [-0.25, -0.2) is 4.79 Å². The zero-order chi connectivity index (χ0) is 19.9. The molecule has 2 heterocycles. The average Bonchev–Trinajstić information content (AvgIpc) is 3.03. The van der Waals surface area contributed by atoms with E-state index in [0.29, 0.717) is 28.8 Å². The number of hydrogen-bond donors (Lipinski definition) is 2. The lowest BCUT2D eigenvalue weighted by atomic mass is 10.0. The molecule has 0 aliphatic carbocycles. The molecule has 0 saturated carbocycles. The molecule has 3 rings (SSSR count). The number of hydrogen-bond acceptors (Lipinski definition) is 5. The van der Waals surface area contributed by atoms with Crippen LogP contribution in [0.15, 0.2) is 54.9 Å². The molecule has 0 spiro atoms. The molecule has 0 bridgehead atoms. The number of carbonyl (C=O) groups excluding carboxylic acids is 1. The quantitative estimate of drug-likeness (QED) is 0.449. The molecule has 1 aromatic carbocycles. The van der Waals surface area contributed by atoms with Crippen LogP contribution in [0.4, 0.5) is 5.00 Å². The van der Waals surface area contributed by atoms with E-state index in [1.165, 1.54) is 11.3 Å². The van der Waals surface area contributed by atoms with Crippen LogP contribution in [-0.2, 0) is 11.3 Å². The third-order valence-corrected chi connectivity index (χ3v) is 5.30. The van der Waals surface area contributed by atoms with Gasteiger partial charge < -0.3 is 15.4 Å². The summed E-state index contributed by atoms with van der Waals surface area (Å²) >= 11 is 6.92. The lowest BCUT2D eigenvalue weighted by molar-refractivity contribution is 0.0529. The minimum atomic E-state index is -0.358. The molecule has 0 fully saturated rings. The third-order valence-electron chi connectivity index (χ3n) is 4.03. The van der Waals surface area contributed by atoms with Crippen molar-refractivity contribution >= 4 is 39.6 Å². The second-order valence-electron chi connectivity index (χ2n) is 5.99. The number of carbonyl (C=O) groups is 1. The molecule has 5 nitrogen and oxygen atoms in total. The zero-order valence-corrected chi connectivity index (χ0v) is 17.3. The molecule has 0 aliphatic rings. The minimum absolute atomic E-state index is 0.311. The van der Waals surface area contributed by atoms with E-state index in [-0.39, 0.29) is 5.97 Å². The third kappa shape index (κ3) is 4.74. The molecule has 28 heavy (non-hydrogen) atoms. The first-order valence-electron chi connectivity index (χ1n) is 8.89. The van der Waals surface area contributed by atoms with Crippen molar-refractivity contribution < 1.29 is 9.53 Å². The summed E-state index contributed by atoms with van der Waals surface area (Å²) in [5.41, 5.74) is 3.38. The van der Waals surface area contributed by atoms with Crippen molar-refractivity contribution in [3.05, 3.63) is 70.9 Å². The number of nitrogens with one attached hydrogen (secondary N) is 2. The van der Waals surface area contributed by atoms with Gasteiger partial charge >= 0.3 is 5.97 Å². The van der Waals surface area contributed by atoms with Gasteiger partial charge in [-0.3, -0.25) is 4.98 Å². The topological polar surface area (TPSA) is 63.2 Å². The number of anilines is 1. The summed E-state index contributed by atoms with van der Waals surface area (Å²) in [7, 11) is 0. The predicted molar refractivity (Wildman–Crippen MR) is 118 cm³/mol. The first-order valence-corrected chi connectivity index (χ1v) is 10.1. The number of pyridine rings is 1. The van der Waals surface area contributed by atoms with Gasteiger partial charge in [0.15, 0.2) is 5.11 Å². The van der Waals surface area contributed by atoms with E-state index < -0.39 is 0 Å². The van der Waals surface area contributed by atoms with Crippen LogP contribution < -0.4 is 10.6 Å². The highest BCUT2D eigenvalue weighted by molar-refractivity contribution is 7.80. The molecular formula is C21H21N3O2S2. The Morgan fingerprint density at radius 1 is 1.21 bits per heavy atom. The second kappa shape index (κ2) is 9.43. The fourth-order valence-corrected chi connectivity index (χ4v) is 4.12. The van der Waals surface area contributed by atoms with E-state index in [0.717, 1.165) is 21.6 Å². The molecule has 0 radical (unpaired) electrons. The standard InChI is InChI=1S/C21H21N3O2S2/c1-3-26-20(25)18-17(16-9-5-4-6-10-16)14(2)28-19(18)24-21(27)23-13-15-8-7-11-22-12-15/h4-12H,3,13H2,1-2H3,(H2,23,24,27). The molecule has 0 amide bonds. The molecule has 0 unspecified atom stereocenters. The summed E-state index contributed by atoms with van der Waals surface area (Å²) in [6.45, 7) is 4.65. The first kappa shape index (κ1) is 20.0. The molecule has 2 aromatic heterocycles. The maximum absolute atomic E-state index is 12.7. The number of nitrogens with zero attached hydrogens (tertiary/aromatic N) is 1. The van der Waals surface area contributed by atoms with Crippen molar-refractivity contribution in [2.45, 2.75) is 20.4 Å². The van der Waals surface area contributed by atoms with E-state index in [2.05, 4.69) is 15.6 Å². The summed E-state index contributed by atoms with van der Waals surface area (Å²) in [6, 6.07) is 13.7. The Morgan fingerprint density at radius 3 is 2.68 bits per heavy atom. The number of thiocarbonyl (C=S) groups is 1. The Kier molecular flexibility index (Phi) is 6.73. The SMILES string of the molecule is CCOC(=O)c1c(NC(=S)NCc2cccnc2)sc(C)c1-c1ccccc1. The Labute approximate surface area is 173 Å². The highest BCUT2D eigenvalue weighted by atomic mass is 32.1. The van der Waals surface area contributed by atoms with Crippen molar-refractivity contribution in [1.29, 1.82) is 0 Å². The Morgan fingerprint density at radius 2 is 2.00 bits per heavy atom. The van der Waals surface area contributed by atoms with Gasteiger partial charge in [0.25, 0.3) is 0 Å². The Hall–Kier alpha value is -2.77. The van der Waals surface area contributed by atoms with Crippen LogP contribution in [-0.4, -0.2) is 22.7 Å². The van der Waals surface area contributed by atoms with E-state index in [4.69, 9.17) is 17.0 Å². The zero-order valence-electron chi connectivity index (χ0n) is 15.7. The van der Waals surface area contributed by atoms with Crippen LogP contribution in [0.5, 0.6) is 0 Å². The van der Waals surface area contributed by atoms with Crippen LogP contribution in [0, 0.1) is 6.92 Å². The van der Waals surface area contributed by atoms with Gasteiger partial charge in [-0.05, 0) is 43.3 Å². The van der Waals surface area contributed by atoms with E-state index in [1.54, 1.807) is 19.3 Å². The first-order chi connectivity index (χ1) is 13.6. The minimum Gasteiger partial charge on any atom is -0.462 e. The van der Waals surface area contributed by atoms with Crippen molar-refractivity contribution in [2.75, 3.05) is 11.9 Å². The predicted octanol–water partition coefficient (Wildman–Crippen LogP) is 4.78. The van der Waals surface area contributed by atoms with Gasteiger partial charge in [0.2, 0.25) is 0 Å². The molecule has 0 atom stereocenters. The number of ether oxygens (including phenoxy) is 1. The lowest BCUT2D eigenvalue weighted by Crippen LogP contribution is -2.28. The second-order valence-corrected chi connectivity index (χ2v) is 7.63. The van der Waals surface area contributed by atoms with Gasteiger partial charge in [-0.1, -0.05) is 36.4 Å². The number of aromatic nitrogens is 1. The van der Waals surface area contributed by atoms with Gasteiger partial charge in [-0.2, -0.15) is 0 Å². The Balaban J connectivity index is 1.85. The van der Waals surface area contributed by atoms with Gasteiger partial charge in [0.05, 0.1) is 6.61 Å². The summed E-state index contributed by atoms with van der Waals surface area (Å²) in [5.74, 6) is -0.358. The fraction of sp³-hybridized carbons (Fsp3) is 0.190. The average molecular weight is 412 g/mol. The van der Waals surface area contributed by atoms with Crippen LogP contribution in [0.2, 0.25) is 0 Å². The van der Waals surface area contributed by atoms with E-state index in [1.807, 2.05) is 49.4 Å². The normalized spacial score (nSPS) is 10.4. The van der Waals surface area contributed by atoms with Crippen LogP contribution in [0.25, 0.3) is 11.1 Å². The Bertz CT molecular complexity index is 957. The lowest BCUT2D eigenvalue weighted by Gasteiger charge is -2.12. The van der Waals surface area contributed by atoms with Gasteiger partial charge in [0.1, 0.15) is 10.6 Å². The molecule has 7 heteroatoms. The van der Waals surface area contributed by atoms with Gasteiger partial charge in [-0.15, -0.1) is 11.3 Å². The van der Waals surface area contributed by atoms with Crippen molar-refractivity contribution in [3.8, 4) is 11.1 Å². The number of esters is 1. The summed E-state index contributed by atoms with van der Waals surface area (Å²) in [6.07, 6.45) is 3.51. The summed E-state index contributed by atoms with van der Waals surface area (Å²) < 4.78 is 5.31. The van der Waals surface area contributed by atoms with Crippen LogP contribution in [0.3, 0.4) is 0 Å². The monoisotopic (exact) mass is 411 g/mol. The van der Waals surface area contributed by atoms with Gasteiger partial charge in [0, 0.05) is 29.4 Å². The van der Waals surface area contributed by atoms with Crippen molar-refractivity contribution in [3.63, 3.8) is 0 Å². The smallest absolute Gasteiger partial charge is 0.341 e. The largest absolute Gasteiger partial charge is 0.462 e. The highest BCUT2D eigenvalue weighted by Crippen LogP contribution is 2.40. The van der Waals surface area contributed by atoms with Crippen molar-refractivity contribution in [2.24, 2.45) is 0 Å². The summed E-state index contributed by atoms with van der Waals surface area (Å²) in [5, 5.41) is 7.44. The molecule has 3 aromatic rings. The van der Waals surface area contributed by atoms with Crippen molar-refractivity contribution in [1.82, 2.24) is 10.3 Å². The molecule has 0 aliphatic heterocycles. The highest BCUT2D eigenvalue weighted by Gasteiger charge is 2.24. The molecule has 2 N–H and O–H groups in total. The number of benzene rings is 1. The van der Waals surface area contributed by atoms with Crippen LogP contribution in [0.1, 0.15) is 27.7 Å². The maximum atomic E-state index is 12.7. The van der Waals surface area contributed by atoms with E-state index >= 15 is 0 Å². The summed E-state index contributed by atoms with van der Waals surface area (Å²) in [4.78, 5) is 17.8. The number of rotatable bonds is 6. The fourth-order valence-electron chi connectivity index (χ4n) is 2.82. The number of aryl methyl sites for hydroxylation is 1. The van der Waals surface area contributed by atoms with E-state index in [9.17, 15) is 4.79 Å². The number of thiophene rings is 1. The maximum Gasteiger partial charge on any atom is 0.341 e. The van der Waals surface area contributed by atoms with Crippen LogP contribution >= 0.6 is 23.6 Å². The molecular weight excluding hydrogens is 390 g/mol.